The van der Waals surface area contributed by atoms with E-state index in [0.29, 0.717) is 5.39 Å². The topological polar surface area (TPSA) is 172 Å². The number of fused-ring (bicyclic) bond motifs is 1. The average molecular weight is 891 g/mol. The van der Waals surface area contributed by atoms with E-state index in [1.807, 2.05) is 30.3 Å². The lowest BCUT2D eigenvalue weighted by Gasteiger charge is -2.44. The SMILES string of the molecule is CCOc1c(OCc2ccccc2)c2ccc(O[C@@H]3O[C@H](COC(=O)c4ccccc4)[C@H](OC(=O)c4ccccc4)[C@H](OC(=O)c4ccccc4)[C@H]3OC(=O)c3ccccc3)cc2oc1=O. The van der Waals surface area contributed by atoms with Crippen molar-refractivity contribution in [3.05, 3.63) is 208 Å². The fourth-order valence-electron chi connectivity index (χ4n) is 7.11. The van der Waals surface area contributed by atoms with Crippen LogP contribution in [0.2, 0.25) is 0 Å². The molecule has 0 aliphatic carbocycles. The van der Waals surface area contributed by atoms with Gasteiger partial charge < -0.3 is 42.3 Å². The summed E-state index contributed by atoms with van der Waals surface area (Å²) in [6.45, 7) is 1.42. The van der Waals surface area contributed by atoms with Crippen LogP contribution in [0.25, 0.3) is 11.0 Å². The maximum Gasteiger partial charge on any atom is 0.383 e. The van der Waals surface area contributed by atoms with Crippen LogP contribution in [0.4, 0.5) is 0 Å². The van der Waals surface area contributed by atoms with Crippen molar-refractivity contribution in [3.63, 3.8) is 0 Å². The van der Waals surface area contributed by atoms with Gasteiger partial charge in [0.15, 0.2) is 18.0 Å². The van der Waals surface area contributed by atoms with Crippen LogP contribution in [-0.4, -0.2) is 67.8 Å². The van der Waals surface area contributed by atoms with E-state index >= 15 is 0 Å². The molecule has 0 N–H and O–H groups in total. The second-order valence-electron chi connectivity index (χ2n) is 14.7. The van der Waals surface area contributed by atoms with Crippen LogP contribution in [0, 0.1) is 0 Å². The monoisotopic (exact) mass is 890 g/mol. The minimum absolute atomic E-state index is 0.0301. The highest BCUT2D eigenvalue weighted by Gasteiger charge is 2.54. The molecule has 334 valence electrons. The predicted molar refractivity (Wildman–Crippen MR) is 237 cm³/mol. The number of ether oxygens (including phenoxy) is 8. The molecule has 8 rings (SSSR count). The standard InChI is InChI=1S/C52H42O14/c1-2-58-45-42(59-31-33-18-8-3-9-19-33)39-29-28-38(30-40(39)62-51(45)57)61-52-46(66-50(56)37-26-16-7-17-27-37)44(65-49(55)36-24-14-6-15-25-36)43(64-48(54)35-22-12-5-13-23-35)41(63-52)32-60-47(53)34-20-10-4-11-21-34/h3-30,41,43-44,46,52H,2,31-32H2,1H3/t41-,43+,44+,46-,52-/m1/s1. The van der Waals surface area contributed by atoms with Crippen molar-refractivity contribution >= 4 is 34.8 Å². The van der Waals surface area contributed by atoms with Gasteiger partial charge in [-0.3, -0.25) is 0 Å². The summed E-state index contributed by atoms with van der Waals surface area (Å²) in [6.07, 6.45) is -8.01. The van der Waals surface area contributed by atoms with Crippen molar-refractivity contribution in [2.45, 2.75) is 44.2 Å². The molecule has 14 heteroatoms. The highest BCUT2D eigenvalue weighted by molar-refractivity contribution is 5.92. The van der Waals surface area contributed by atoms with Gasteiger partial charge in [0.1, 0.15) is 30.7 Å². The predicted octanol–water partition coefficient (Wildman–Crippen LogP) is 8.41. The zero-order valence-corrected chi connectivity index (χ0v) is 35.4. The summed E-state index contributed by atoms with van der Waals surface area (Å²) in [5.74, 6) is -3.28. The molecule has 2 heterocycles. The molecule has 5 atom stereocenters. The summed E-state index contributed by atoms with van der Waals surface area (Å²) >= 11 is 0. The Morgan fingerprint density at radius 2 is 1.02 bits per heavy atom. The largest absolute Gasteiger partial charge is 0.484 e. The van der Waals surface area contributed by atoms with Crippen LogP contribution in [0.15, 0.2) is 179 Å². The normalized spacial score (nSPS) is 17.7. The number of benzene rings is 6. The summed E-state index contributed by atoms with van der Waals surface area (Å²) in [7, 11) is 0. The molecule has 0 amide bonds. The molecule has 14 nitrogen and oxygen atoms in total. The summed E-state index contributed by atoms with van der Waals surface area (Å²) in [5, 5.41) is 0.367. The average Bonchev–Trinajstić information content (AvgIpc) is 3.36. The first-order valence-corrected chi connectivity index (χ1v) is 21.0. The molecule has 0 bridgehead atoms. The Labute approximate surface area is 378 Å². The van der Waals surface area contributed by atoms with Gasteiger partial charge >= 0.3 is 29.5 Å². The molecule has 1 aliphatic heterocycles. The first-order valence-electron chi connectivity index (χ1n) is 21.0. The maximum atomic E-state index is 14.0. The molecule has 0 spiro atoms. The number of hydrogen-bond donors (Lipinski definition) is 0. The number of carbonyl (C=O) groups is 4. The minimum Gasteiger partial charge on any atom is -0.484 e. The lowest BCUT2D eigenvalue weighted by atomic mass is 9.97. The maximum absolute atomic E-state index is 14.0. The molecule has 66 heavy (non-hydrogen) atoms. The van der Waals surface area contributed by atoms with Gasteiger partial charge in [-0.2, -0.15) is 0 Å². The third-order valence-corrected chi connectivity index (χ3v) is 10.3. The molecule has 0 radical (unpaired) electrons. The first-order chi connectivity index (χ1) is 32.2. The number of carbonyl (C=O) groups excluding carboxylic acids is 4. The van der Waals surface area contributed by atoms with E-state index in [1.165, 1.54) is 48.5 Å². The molecule has 0 unspecified atom stereocenters. The minimum atomic E-state index is -1.67. The highest BCUT2D eigenvalue weighted by atomic mass is 16.7. The van der Waals surface area contributed by atoms with Crippen molar-refractivity contribution in [1.29, 1.82) is 0 Å². The van der Waals surface area contributed by atoms with Gasteiger partial charge in [0.2, 0.25) is 18.1 Å². The molecule has 0 saturated carbocycles. The van der Waals surface area contributed by atoms with Crippen molar-refractivity contribution in [3.8, 4) is 17.2 Å². The number of esters is 4. The van der Waals surface area contributed by atoms with Gasteiger partial charge in [0, 0.05) is 6.07 Å². The van der Waals surface area contributed by atoms with Crippen molar-refractivity contribution < 1.29 is 61.5 Å². The molecule has 7 aromatic rings. The lowest BCUT2D eigenvalue weighted by Crippen LogP contribution is -2.63. The second-order valence-corrected chi connectivity index (χ2v) is 14.7. The van der Waals surface area contributed by atoms with Gasteiger partial charge in [-0.15, -0.1) is 0 Å². The zero-order valence-electron chi connectivity index (χ0n) is 35.4. The van der Waals surface area contributed by atoms with Gasteiger partial charge in [-0.05, 0) is 73.2 Å². The van der Waals surface area contributed by atoms with Crippen LogP contribution >= 0.6 is 0 Å². The van der Waals surface area contributed by atoms with Crippen molar-refractivity contribution in [2.24, 2.45) is 0 Å². The molecular formula is C52H42O14. The molecule has 1 aromatic heterocycles. The van der Waals surface area contributed by atoms with Crippen LogP contribution in [0.5, 0.6) is 17.2 Å². The summed E-state index contributed by atoms with van der Waals surface area (Å²) in [6, 6.07) is 46.1. The fraction of sp³-hybridized carbons (Fsp3) is 0.173. The smallest absolute Gasteiger partial charge is 0.383 e. The van der Waals surface area contributed by atoms with Crippen LogP contribution in [0.3, 0.4) is 0 Å². The quantitative estimate of drug-likeness (QED) is 0.0514. The van der Waals surface area contributed by atoms with Crippen LogP contribution in [-0.2, 0) is 30.3 Å². The second kappa shape index (κ2) is 21.0. The zero-order chi connectivity index (χ0) is 45.8. The Hall–Kier alpha value is -8.23. The molecular weight excluding hydrogens is 849 g/mol. The van der Waals surface area contributed by atoms with Gasteiger partial charge in [-0.25, -0.2) is 24.0 Å². The molecule has 1 aliphatic rings. The Kier molecular flexibility index (Phi) is 14.1. The van der Waals surface area contributed by atoms with E-state index in [1.54, 1.807) is 97.9 Å². The Morgan fingerprint density at radius 1 is 0.530 bits per heavy atom. The van der Waals surface area contributed by atoms with Crippen molar-refractivity contribution in [2.75, 3.05) is 13.2 Å². The third-order valence-electron chi connectivity index (χ3n) is 10.3. The summed E-state index contributed by atoms with van der Waals surface area (Å²) in [5.41, 5.74) is 0.665. The van der Waals surface area contributed by atoms with E-state index in [4.69, 9.17) is 42.3 Å². The Bertz CT molecular complexity index is 2820. The van der Waals surface area contributed by atoms with Gasteiger partial charge in [-0.1, -0.05) is 103 Å². The first kappa shape index (κ1) is 44.4. The van der Waals surface area contributed by atoms with E-state index in [2.05, 4.69) is 0 Å². The third kappa shape index (κ3) is 10.6. The lowest BCUT2D eigenvalue weighted by molar-refractivity contribution is -0.275. The van der Waals surface area contributed by atoms with Crippen LogP contribution < -0.4 is 19.8 Å². The summed E-state index contributed by atoms with van der Waals surface area (Å²) in [4.78, 5) is 68.7. The Balaban J connectivity index is 1.21. The van der Waals surface area contributed by atoms with Crippen LogP contribution in [0.1, 0.15) is 53.9 Å². The fourth-order valence-corrected chi connectivity index (χ4v) is 7.11. The molecule has 1 saturated heterocycles. The highest BCUT2D eigenvalue weighted by Crippen LogP contribution is 2.37. The number of hydrogen-bond acceptors (Lipinski definition) is 14. The van der Waals surface area contributed by atoms with E-state index in [0.717, 1.165) is 5.56 Å². The molecule has 6 aromatic carbocycles. The van der Waals surface area contributed by atoms with E-state index in [-0.39, 0.29) is 58.3 Å². The number of rotatable bonds is 16. The van der Waals surface area contributed by atoms with Gasteiger partial charge in [0.05, 0.1) is 34.2 Å². The van der Waals surface area contributed by atoms with E-state index < -0.39 is 66.8 Å². The van der Waals surface area contributed by atoms with Crippen molar-refractivity contribution in [1.82, 2.24) is 0 Å². The van der Waals surface area contributed by atoms with Gasteiger partial charge in [0.25, 0.3) is 0 Å². The van der Waals surface area contributed by atoms with E-state index in [9.17, 15) is 24.0 Å². The Morgan fingerprint density at radius 3 is 1.55 bits per heavy atom. The summed E-state index contributed by atoms with van der Waals surface area (Å²) < 4.78 is 54.7. The molecule has 1 fully saturated rings.